The van der Waals surface area contributed by atoms with Gasteiger partial charge in [0.05, 0.1) is 23.8 Å². The number of carbonyl (C=O) groups is 2. The van der Waals surface area contributed by atoms with Crippen LogP contribution in [0.3, 0.4) is 0 Å². The molecular weight excluding hydrogens is 477 g/mol. The van der Waals surface area contributed by atoms with Crippen LogP contribution in [0.25, 0.3) is 0 Å². The first-order valence-electron chi connectivity index (χ1n) is 11.7. The van der Waals surface area contributed by atoms with Gasteiger partial charge in [0, 0.05) is 31.5 Å². The molecule has 1 aromatic carbocycles. The highest BCUT2D eigenvalue weighted by Crippen LogP contribution is 2.25. The van der Waals surface area contributed by atoms with E-state index in [0.717, 1.165) is 48.5 Å². The number of alkyl halides is 3. The van der Waals surface area contributed by atoms with Crippen molar-refractivity contribution in [2.45, 2.75) is 58.3 Å². The van der Waals surface area contributed by atoms with Crippen molar-refractivity contribution in [3.63, 3.8) is 0 Å². The molecule has 1 atom stereocenters. The minimum Gasteiger partial charge on any atom is -0.475 e. The Morgan fingerprint density at radius 1 is 1.14 bits per heavy atom. The topological polar surface area (TPSA) is 95.7 Å². The smallest absolute Gasteiger partial charge is 0.475 e. The van der Waals surface area contributed by atoms with Gasteiger partial charge in [-0.25, -0.2) is 9.78 Å². The van der Waals surface area contributed by atoms with Gasteiger partial charge in [-0.05, 0) is 52.9 Å². The van der Waals surface area contributed by atoms with E-state index in [1.807, 2.05) is 44.6 Å². The first-order valence-corrected chi connectivity index (χ1v) is 11.7. The standard InChI is InChI=1S/C23H30N4O2.C2HF3O2/c1-15-10-16(2)12-17(11-15)22(28)26-9-8-20-19(14-26)23(29)27-18(13-25(3)4)6-5-7-21(27)24-20;3-2(4,5)1(6)7/h10-12,18H,5-9,13-14H2,1-4H3;(H,6,7). The third kappa shape index (κ3) is 6.31. The van der Waals surface area contributed by atoms with Crippen molar-refractivity contribution < 1.29 is 27.9 Å². The third-order valence-electron chi connectivity index (χ3n) is 6.21. The summed E-state index contributed by atoms with van der Waals surface area (Å²) in [5, 5.41) is 7.12. The number of aromatic nitrogens is 2. The molecule has 2 aliphatic rings. The molecule has 0 aliphatic carbocycles. The highest BCUT2D eigenvalue weighted by atomic mass is 19.4. The zero-order valence-corrected chi connectivity index (χ0v) is 20.9. The van der Waals surface area contributed by atoms with Crippen LogP contribution in [-0.4, -0.2) is 69.7 Å². The third-order valence-corrected chi connectivity index (χ3v) is 6.21. The molecule has 196 valence electrons. The number of nitrogens with zero attached hydrogens (tertiary/aromatic N) is 4. The first kappa shape index (κ1) is 27.4. The Bertz CT molecular complexity index is 1190. The zero-order valence-electron chi connectivity index (χ0n) is 20.9. The summed E-state index contributed by atoms with van der Waals surface area (Å²) in [6.07, 6.45) is -1.51. The van der Waals surface area contributed by atoms with Crippen LogP contribution in [0, 0.1) is 13.8 Å². The van der Waals surface area contributed by atoms with Crippen molar-refractivity contribution in [3.05, 3.63) is 62.3 Å². The second-order valence-corrected chi connectivity index (χ2v) is 9.59. The van der Waals surface area contributed by atoms with E-state index in [4.69, 9.17) is 14.9 Å². The number of rotatable bonds is 3. The number of benzene rings is 1. The van der Waals surface area contributed by atoms with Crippen molar-refractivity contribution in [1.82, 2.24) is 19.4 Å². The minimum absolute atomic E-state index is 0.00517. The van der Waals surface area contributed by atoms with Gasteiger partial charge in [-0.1, -0.05) is 17.2 Å². The SMILES string of the molecule is Cc1cc(C)cc(C(=O)N2CCc3nc4n(c(=O)c3C2)C(CN(C)C)CCC4)c1.O=C(O)C(F)(F)F. The van der Waals surface area contributed by atoms with Gasteiger partial charge < -0.3 is 14.9 Å². The summed E-state index contributed by atoms with van der Waals surface area (Å²) in [7, 11) is 4.07. The van der Waals surface area contributed by atoms with Gasteiger partial charge in [0.25, 0.3) is 11.5 Å². The monoisotopic (exact) mass is 508 g/mol. The van der Waals surface area contributed by atoms with E-state index in [9.17, 15) is 22.8 Å². The molecule has 1 N–H and O–H groups in total. The molecule has 0 radical (unpaired) electrons. The van der Waals surface area contributed by atoms with Gasteiger partial charge in [0.1, 0.15) is 5.82 Å². The fraction of sp³-hybridized carbons (Fsp3) is 0.520. The zero-order chi connectivity index (χ0) is 26.8. The molecule has 0 fully saturated rings. The first-order chi connectivity index (χ1) is 16.8. The molecule has 3 heterocycles. The van der Waals surface area contributed by atoms with Crippen LogP contribution in [0.1, 0.15) is 57.5 Å². The number of fused-ring (bicyclic) bond motifs is 2. The fourth-order valence-corrected chi connectivity index (χ4v) is 4.77. The second kappa shape index (κ2) is 10.8. The second-order valence-electron chi connectivity index (χ2n) is 9.59. The molecule has 36 heavy (non-hydrogen) atoms. The van der Waals surface area contributed by atoms with E-state index in [0.29, 0.717) is 30.6 Å². The summed E-state index contributed by atoms with van der Waals surface area (Å²) in [6, 6.07) is 6.08. The predicted molar refractivity (Wildman–Crippen MR) is 127 cm³/mol. The van der Waals surface area contributed by atoms with Crippen LogP contribution < -0.4 is 5.56 Å². The molecule has 1 aromatic heterocycles. The van der Waals surface area contributed by atoms with Crippen molar-refractivity contribution in [2.24, 2.45) is 0 Å². The summed E-state index contributed by atoms with van der Waals surface area (Å²) < 4.78 is 33.6. The molecular formula is C25H31F3N4O4. The summed E-state index contributed by atoms with van der Waals surface area (Å²) in [5.74, 6) is -1.84. The lowest BCUT2D eigenvalue weighted by Crippen LogP contribution is -2.44. The van der Waals surface area contributed by atoms with Gasteiger partial charge in [-0.2, -0.15) is 13.2 Å². The van der Waals surface area contributed by atoms with Crippen molar-refractivity contribution in [3.8, 4) is 0 Å². The van der Waals surface area contributed by atoms with E-state index in [2.05, 4.69) is 11.0 Å². The molecule has 11 heteroatoms. The summed E-state index contributed by atoms with van der Waals surface area (Å²) in [6.45, 7) is 5.79. The molecule has 0 spiro atoms. The number of hydrogen-bond donors (Lipinski definition) is 1. The Labute approximate surface area is 207 Å². The molecule has 0 bridgehead atoms. The number of aryl methyl sites for hydroxylation is 3. The Balaban J connectivity index is 0.000000454. The van der Waals surface area contributed by atoms with Gasteiger partial charge in [-0.3, -0.25) is 14.2 Å². The Morgan fingerprint density at radius 2 is 1.75 bits per heavy atom. The molecule has 0 saturated heterocycles. The summed E-state index contributed by atoms with van der Waals surface area (Å²) in [4.78, 5) is 44.2. The Hall–Kier alpha value is -3.21. The molecule has 0 saturated carbocycles. The van der Waals surface area contributed by atoms with Crippen molar-refractivity contribution >= 4 is 11.9 Å². The maximum absolute atomic E-state index is 13.4. The number of carboxylic acid groups (broad SMARTS) is 1. The lowest BCUT2D eigenvalue weighted by Gasteiger charge is -2.33. The molecule has 1 unspecified atom stereocenters. The predicted octanol–water partition coefficient (Wildman–Crippen LogP) is 3.13. The lowest BCUT2D eigenvalue weighted by atomic mass is 9.99. The number of carbonyl (C=O) groups excluding carboxylic acids is 1. The van der Waals surface area contributed by atoms with Crippen LogP contribution >= 0.6 is 0 Å². The average molecular weight is 509 g/mol. The van der Waals surface area contributed by atoms with Crippen LogP contribution in [0.15, 0.2) is 23.0 Å². The van der Waals surface area contributed by atoms with Gasteiger partial charge >= 0.3 is 12.1 Å². The summed E-state index contributed by atoms with van der Waals surface area (Å²) >= 11 is 0. The average Bonchev–Trinajstić information content (AvgIpc) is 2.77. The van der Waals surface area contributed by atoms with E-state index in [-0.39, 0.29) is 17.5 Å². The number of aliphatic carboxylic acids is 1. The molecule has 4 rings (SSSR count). The number of hydrogen-bond acceptors (Lipinski definition) is 5. The maximum Gasteiger partial charge on any atom is 0.490 e. The Kier molecular flexibility index (Phi) is 8.22. The van der Waals surface area contributed by atoms with Gasteiger partial charge in [0.15, 0.2) is 0 Å². The maximum atomic E-state index is 13.4. The quantitative estimate of drug-likeness (QED) is 0.685. The number of halogens is 3. The molecule has 2 aromatic rings. The number of carboxylic acids is 1. The van der Waals surface area contributed by atoms with Crippen LogP contribution in [0.5, 0.6) is 0 Å². The van der Waals surface area contributed by atoms with E-state index < -0.39 is 12.1 Å². The van der Waals surface area contributed by atoms with Gasteiger partial charge in [-0.15, -0.1) is 0 Å². The normalized spacial score (nSPS) is 17.1. The number of amides is 1. The highest BCUT2D eigenvalue weighted by Gasteiger charge is 2.38. The van der Waals surface area contributed by atoms with Crippen LogP contribution in [0.2, 0.25) is 0 Å². The largest absolute Gasteiger partial charge is 0.490 e. The molecule has 1 amide bonds. The van der Waals surface area contributed by atoms with Crippen LogP contribution in [-0.2, 0) is 24.2 Å². The Morgan fingerprint density at radius 3 is 2.31 bits per heavy atom. The molecule has 2 aliphatic heterocycles. The van der Waals surface area contributed by atoms with E-state index in [1.54, 1.807) is 4.90 Å². The molecule has 8 nitrogen and oxygen atoms in total. The number of likely N-dealkylation sites (N-methyl/N-ethyl adjacent to an activating group) is 1. The summed E-state index contributed by atoms with van der Waals surface area (Å²) in [5.41, 5.74) is 4.48. The van der Waals surface area contributed by atoms with Gasteiger partial charge in [0.2, 0.25) is 0 Å². The minimum atomic E-state index is -5.08. The van der Waals surface area contributed by atoms with Crippen LogP contribution in [0.4, 0.5) is 13.2 Å². The highest BCUT2D eigenvalue weighted by molar-refractivity contribution is 5.94. The van der Waals surface area contributed by atoms with E-state index in [1.165, 1.54) is 0 Å². The fourth-order valence-electron chi connectivity index (χ4n) is 4.77. The van der Waals surface area contributed by atoms with E-state index >= 15 is 0 Å². The van der Waals surface area contributed by atoms with Crippen molar-refractivity contribution in [2.75, 3.05) is 27.2 Å². The lowest BCUT2D eigenvalue weighted by molar-refractivity contribution is -0.192. The van der Waals surface area contributed by atoms with Crippen molar-refractivity contribution in [1.29, 1.82) is 0 Å².